The molecule has 80 heavy (non-hydrogen) atoms. The van der Waals surface area contributed by atoms with Crippen LogP contribution in [0.3, 0.4) is 0 Å². The summed E-state index contributed by atoms with van der Waals surface area (Å²) >= 11 is 0. The lowest BCUT2D eigenvalue weighted by molar-refractivity contribution is 0.480. The second-order valence-electron chi connectivity index (χ2n) is 16.1. The van der Waals surface area contributed by atoms with Crippen molar-refractivity contribution in [3.8, 4) is 0 Å². The van der Waals surface area contributed by atoms with E-state index < -0.39 is 90.1 Å². The van der Waals surface area contributed by atoms with Crippen LogP contribution in [0.15, 0.2) is 193 Å². The Morgan fingerprint density at radius 3 is 0.688 bits per heavy atom. The summed E-state index contributed by atoms with van der Waals surface area (Å²) < 4.78 is 205. The summed E-state index contributed by atoms with van der Waals surface area (Å²) in [6.07, 6.45) is 2.14. The van der Waals surface area contributed by atoms with Gasteiger partial charge in [-0.2, -0.15) is 50.5 Å². The lowest BCUT2D eigenvalue weighted by Crippen LogP contribution is -2.36. The highest BCUT2D eigenvalue weighted by Gasteiger charge is 2.19. The zero-order valence-corrected chi connectivity index (χ0v) is 44.5. The van der Waals surface area contributed by atoms with Crippen LogP contribution >= 0.6 is 0 Å². The summed E-state index contributed by atoms with van der Waals surface area (Å²) in [6, 6.07) is 25.6. The molecule has 2 aromatic heterocycles. The van der Waals surface area contributed by atoms with E-state index in [1.54, 1.807) is 0 Å². The van der Waals surface area contributed by atoms with Gasteiger partial charge in [-0.25, -0.2) is 30.0 Å². The normalized spacial score (nSPS) is 13.7. The van der Waals surface area contributed by atoms with Gasteiger partial charge in [-0.1, -0.05) is 48.6 Å². The number of hydrogen-bond donors (Lipinski definition) is 12. The molecule has 0 radical (unpaired) electrons. The van der Waals surface area contributed by atoms with Gasteiger partial charge in [0.25, 0.3) is 60.7 Å². The molecule has 36 heteroatoms. The summed E-state index contributed by atoms with van der Waals surface area (Å²) in [7, 11) is -28.9. The van der Waals surface area contributed by atoms with Crippen LogP contribution in [0.2, 0.25) is 0 Å². The molecule has 30 nitrogen and oxygen atoms in total. The van der Waals surface area contributed by atoms with Gasteiger partial charge in [0.15, 0.2) is 0 Å². The molecular formula is C44H36N12O18S6. The van der Waals surface area contributed by atoms with Gasteiger partial charge < -0.3 is 0 Å². The molecule has 0 aliphatic heterocycles. The maximum atomic E-state index is 12.9. The fraction of sp³-hybridized carbons (Fsp3) is 0. The number of rotatable bonds is 14. The molecule has 12 N–H and O–H groups in total. The Labute approximate surface area is 449 Å². The maximum Gasteiger partial charge on any atom is 0.295 e. The van der Waals surface area contributed by atoms with E-state index >= 15 is 0 Å². The minimum absolute atomic E-state index is 0.0399. The third-order valence-corrected chi connectivity index (χ3v) is 15.5. The molecule has 8 rings (SSSR count). The van der Waals surface area contributed by atoms with Gasteiger partial charge in [0, 0.05) is 0 Å². The molecule has 0 amide bonds. The standard InChI is InChI=1S/C44H36N12O18S6/c57-75(58,59)33-9-1-5-27(19-33)45-39-51-40(46-28-6-2-10-34(20-28)76(60,61)62)54-43(53-39)49-31-17-15-25(37(23-31)79(69,70)71)13-14-26-16-18-32(24-38(26)80(72,73)74)50-44-55-41(47-29-7-3-11-35(21-29)77(63,64)65)52-42(56-44)48-30-8-4-12-36(22-30)78(66,67)68/h1-24H,(H,57,58,59)(H,60,61,62)(H,63,64,65)(H,66,67,68)(H,69,70,71)(H,72,73,74)(H3,45,46,49,51,53,54)(H3,47,48,50,52,55,56). The van der Waals surface area contributed by atoms with Crippen molar-refractivity contribution in [1.82, 2.24) is 29.9 Å². The first kappa shape index (κ1) is 57.5. The zero-order valence-electron chi connectivity index (χ0n) is 39.6. The Kier molecular flexibility index (Phi) is 16.0. The molecule has 8 aromatic rings. The van der Waals surface area contributed by atoms with Gasteiger partial charge in [-0.3, -0.25) is 57.2 Å². The number of aromatic amines is 6. The Morgan fingerprint density at radius 2 is 0.487 bits per heavy atom. The quantitative estimate of drug-likeness (QED) is 0.0550. The molecule has 6 aromatic carbocycles. The minimum Gasteiger partial charge on any atom is -0.296 e. The van der Waals surface area contributed by atoms with Crippen LogP contribution in [0.5, 0.6) is 0 Å². The Morgan fingerprint density at radius 1 is 0.275 bits per heavy atom. The maximum absolute atomic E-state index is 12.9. The topological polar surface area (TPSA) is 495 Å². The predicted molar refractivity (Wildman–Crippen MR) is 277 cm³/mol. The third-order valence-electron chi connectivity index (χ3n) is 10.3. The van der Waals surface area contributed by atoms with E-state index in [1.165, 1.54) is 60.7 Å². The van der Waals surface area contributed by atoms with Gasteiger partial charge in [-0.05, 0) is 108 Å². The minimum atomic E-state index is -5.12. The van der Waals surface area contributed by atoms with Gasteiger partial charge in [0.05, 0.1) is 53.7 Å². The molecule has 0 fully saturated rings. The molecule has 0 aliphatic carbocycles. The Bertz CT molecular complexity index is 4510. The highest BCUT2D eigenvalue weighted by molar-refractivity contribution is 7.87. The smallest absolute Gasteiger partial charge is 0.295 e. The van der Waals surface area contributed by atoms with E-state index in [1.807, 2.05) is 0 Å². The van der Waals surface area contributed by atoms with E-state index in [0.29, 0.717) is 0 Å². The number of H-pyrrole nitrogens is 6. The summed E-state index contributed by atoms with van der Waals surface area (Å²) in [6.45, 7) is 0. The first-order chi connectivity index (χ1) is 37.3. The molecule has 0 saturated heterocycles. The monoisotopic (exact) mass is 1210 g/mol. The van der Waals surface area contributed by atoms with Crippen LogP contribution in [0.4, 0.5) is 34.1 Å². The molecular weight excluding hydrogens is 1180 g/mol. The van der Waals surface area contributed by atoms with Crippen molar-refractivity contribution in [1.29, 1.82) is 0 Å². The average molecular weight is 1210 g/mol. The van der Waals surface area contributed by atoms with Crippen molar-refractivity contribution in [2.45, 2.75) is 29.4 Å². The highest BCUT2D eigenvalue weighted by Crippen LogP contribution is 2.28. The number of benzene rings is 6. The van der Waals surface area contributed by atoms with Crippen LogP contribution in [-0.2, 0) is 60.7 Å². The number of aromatic nitrogens is 6. The number of nitrogens with zero attached hydrogens (tertiary/aromatic N) is 6. The number of hydrogen-bond acceptors (Lipinski definition) is 18. The molecule has 0 spiro atoms. The first-order valence-electron chi connectivity index (χ1n) is 21.7. The summed E-state index contributed by atoms with van der Waals surface area (Å²) in [5.74, 6) is 0. The van der Waals surface area contributed by atoms with Gasteiger partial charge in [0.1, 0.15) is 9.79 Å². The van der Waals surface area contributed by atoms with Crippen LogP contribution in [0.1, 0.15) is 11.1 Å². The van der Waals surface area contributed by atoms with Crippen molar-refractivity contribution >= 4 is 107 Å². The Balaban J connectivity index is 1.21. The van der Waals surface area contributed by atoms with Crippen LogP contribution in [0, 0.1) is 0 Å². The van der Waals surface area contributed by atoms with Gasteiger partial charge >= 0.3 is 0 Å². The Hall–Kier alpha value is -8.66. The van der Waals surface area contributed by atoms with Gasteiger partial charge in [0.2, 0.25) is 33.7 Å². The second kappa shape index (κ2) is 22.2. The lowest BCUT2D eigenvalue weighted by Gasteiger charge is -2.07. The molecule has 416 valence electrons. The average Bonchev–Trinajstić information content (AvgIpc) is 3.41. The molecule has 2 heterocycles. The van der Waals surface area contributed by atoms with E-state index in [-0.39, 0.29) is 79.0 Å². The second-order valence-corrected chi connectivity index (χ2v) is 24.6. The van der Waals surface area contributed by atoms with Crippen LogP contribution in [-0.4, -0.2) is 108 Å². The van der Waals surface area contributed by atoms with E-state index in [9.17, 15) is 77.8 Å². The highest BCUT2D eigenvalue weighted by atomic mass is 32.2. The van der Waals surface area contributed by atoms with Crippen LogP contribution in [0.25, 0.3) is 12.2 Å². The van der Waals surface area contributed by atoms with Gasteiger partial charge in [-0.15, -0.1) is 0 Å². The fourth-order valence-corrected chi connectivity index (χ4v) is 10.4. The summed E-state index contributed by atoms with van der Waals surface area (Å²) in [5.41, 5.74) is -2.42. The molecule has 0 atom stereocenters. The van der Waals surface area contributed by atoms with E-state index in [2.05, 4.69) is 59.9 Å². The molecule has 0 unspecified atom stereocenters. The largest absolute Gasteiger partial charge is 0.296 e. The fourth-order valence-electron chi connectivity index (χ4n) is 6.91. The third kappa shape index (κ3) is 15.1. The number of nitrogens with one attached hydrogen (secondary N) is 6. The van der Waals surface area contributed by atoms with Crippen molar-refractivity contribution in [2.75, 3.05) is 0 Å². The van der Waals surface area contributed by atoms with Crippen molar-refractivity contribution in [2.24, 2.45) is 30.0 Å². The van der Waals surface area contributed by atoms with Crippen LogP contribution < -0.4 is 33.7 Å². The van der Waals surface area contributed by atoms with Crippen molar-refractivity contribution in [3.63, 3.8) is 0 Å². The van der Waals surface area contributed by atoms with Crippen molar-refractivity contribution < 1.29 is 77.8 Å². The van der Waals surface area contributed by atoms with Crippen molar-refractivity contribution in [3.05, 3.63) is 178 Å². The molecule has 0 saturated carbocycles. The molecule has 0 bridgehead atoms. The molecule has 0 aliphatic rings. The summed E-state index contributed by atoms with van der Waals surface area (Å²) in [5, 5.41) is 0. The van der Waals surface area contributed by atoms with E-state index in [0.717, 1.165) is 84.9 Å². The van der Waals surface area contributed by atoms with E-state index in [4.69, 9.17) is 0 Å². The summed E-state index contributed by atoms with van der Waals surface area (Å²) in [4.78, 5) is 38.5. The first-order valence-corrected chi connectivity index (χ1v) is 30.3. The zero-order chi connectivity index (χ0) is 58.0. The predicted octanol–water partition coefficient (Wildman–Crippen LogP) is 2.70. The SMILES string of the molecule is O=S(=O)(O)c1cccc(N=c2[nH]c(=Nc3cccc(S(=O)(=O)O)c3)[nH]c(=Nc3ccc(C=Cc4ccc(N=c5[nH]c(=Nc6cccc(S(=O)(=O)O)c6)[nH]c(=Nc6cccc(S(=O)(=O)O)c6)[nH]5)cc4S(=O)(=O)O)c(S(=O)(=O)O)c3)[nH]2)c1. The lowest BCUT2D eigenvalue weighted by atomic mass is 10.1.